The number of hydrogen-bond acceptors (Lipinski definition) is 4. The fourth-order valence-electron chi connectivity index (χ4n) is 1.49. The van der Waals surface area contributed by atoms with E-state index in [1.165, 1.54) is 18.0 Å². The first kappa shape index (κ1) is 13.8. The van der Waals surface area contributed by atoms with Crippen LogP contribution in [-0.4, -0.2) is 39.3 Å². The molecule has 0 radical (unpaired) electrons. The molecule has 6 heteroatoms. The van der Waals surface area contributed by atoms with Crippen molar-refractivity contribution >= 4 is 28.8 Å². The SMILES string of the molecule is CC(=O)SCC(C)C(=O)N1C=C(C(=O)O)CC1. The molecule has 0 saturated carbocycles. The van der Waals surface area contributed by atoms with E-state index in [4.69, 9.17) is 5.11 Å². The number of carbonyl (C=O) groups is 3. The molecule has 0 saturated heterocycles. The van der Waals surface area contributed by atoms with Gasteiger partial charge in [-0.2, -0.15) is 0 Å². The van der Waals surface area contributed by atoms with Gasteiger partial charge in [0.05, 0.1) is 5.57 Å². The maximum Gasteiger partial charge on any atom is 0.333 e. The summed E-state index contributed by atoms with van der Waals surface area (Å²) in [4.78, 5) is 34.8. The molecule has 0 aromatic carbocycles. The maximum atomic E-state index is 11.9. The van der Waals surface area contributed by atoms with Gasteiger partial charge in [0.15, 0.2) is 5.12 Å². The third kappa shape index (κ3) is 3.89. The molecule has 1 aliphatic heterocycles. The molecule has 1 N–H and O–H groups in total. The molecule has 94 valence electrons. The highest BCUT2D eigenvalue weighted by molar-refractivity contribution is 8.13. The van der Waals surface area contributed by atoms with Crippen LogP contribution in [0.15, 0.2) is 11.8 Å². The van der Waals surface area contributed by atoms with Gasteiger partial charge in [-0.15, -0.1) is 0 Å². The number of nitrogens with zero attached hydrogens (tertiary/aromatic N) is 1. The van der Waals surface area contributed by atoms with Gasteiger partial charge < -0.3 is 10.0 Å². The molecule has 0 spiro atoms. The van der Waals surface area contributed by atoms with E-state index in [9.17, 15) is 14.4 Å². The third-order valence-corrected chi connectivity index (χ3v) is 3.52. The molecule has 5 nitrogen and oxygen atoms in total. The number of hydrogen-bond donors (Lipinski definition) is 1. The number of carboxylic acid groups (broad SMARTS) is 1. The van der Waals surface area contributed by atoms with Gasteiger partial charge in [-0.05, 0) is 6.42 Å². The number of aliphatic carboxylic acids is 1. The van der Waals surface area contributed by atoms with Crippen LogP contribution >= 0.6 is 11.8 Å². The van der Waals surface area contributed by atoms with Crippen LogP contribution in [0.3, 0.4) is 0 Å². The molecule has 1 amide bonds. The molecule has 1 atom stereocenters. The number of carboxylic acids is 1. The smallest absolute Gasteiger partial charge is 0.333 e. The summed E-state index contributed by atoms with van der Waals surface area (Å²) < 4.78 is 0. The van der Waals surface area contributed by atoms with E-state index >= 15 is 0 Å². The highest BCUT2D eigenvalue weighted by Gasteiger charge is 2.25. The highest BCUT2D eigenvalue weighted by Crippen LogP contribution is 2.19. The molecule has 1 heterocycles. The third-order valence-electron chi connectivity index (χ3n) is 2.45. The molecule has 0 fully saturated rings. The molecular formula is C11H15NO4S. The Morgan fingerprint density at radius 3 is 2.65 bits per heavy atom. The van der Waals surface area contributed by atoms with Gasteiger partial charge in [0.25, 0.3) is 0 Å². The van der Waals surface area contributed by atoms with Crippen LogP contribution in [0.1, 0.15) is 20.3 Å². The van der Waals surface area contributed by atoms with Crippen molar-refractivity contribution in [2.45, 2.75) is 20.3 Å². The second-order valence-corrected chi connectivity index (χ2v) is 5.14. The van der Waals surface area contributed by atoms with Crippen molar-refractivity contribution < 1.29 is 19.5 Å². The summed E-state index contributed by atoms with van der Waals surface area (Å²) in [5, 5.41) is 8.75. The minimum atomic E-state index is -0.980. The molecule has 1 rings (SSSR count). The van der Waals surface area contributed by atoms with Gasteiger partial charge >= 0.3 is 5.97 Å². The topological polar surface area (TPSA) is 74.7 Å². The van der Waals surface area contributed by atoms with Crippen molar-refractivity contribution in [2.75, 3.05) is 12.3 Å². The van der Waals surface area contributed by atoms with Gasteiger partial charge in [-0.3, -0.25) is 9.59 Å². The summed E-state index contributed by atoms with van der Waals surface area (Å²) in [6.45, 7) is 3.61. The zero-order valence-electron chi connectivity index (χ0n) is 9.80. The summed E-state index contributed by atoms with van der Waals surface area (Å²) >= 11 is 1.11. The summed E-state index contributed by atoms with van der Waals surface area (Å²) in [5.74, 6) is -0.963. The lowest BCUT2D eigenvalue weighted by Gasteiger charge is -2.17. The quantitative estimate of drug-likeness (QED) is 0.816. The molecule has 0 aromatic rings. The normalized spacial score (nSPS) is 16.6. The average molecular weight is 257 g/mol. The predicted octanol–water partition coefficient (Wildman–Crippen LogP) is 1.10. The minimum Gasteiger partial charge on any atom is -0.478 e. The molecular weight excluding hydrogens is 242 g/mol. The lowest BCUT2D eigenvalue weighted by molar-refractivity contribution is -0.132. The summed E-state index contributed by atoms with van der Waals surface area (Å²) in [7, 11) is 0. The summed E-state index contributed by atoms with van der Waals surface area (Å²) in [6, 6.07) is 0. The Bertz CT molecular complexity index is 378. The van der Waals surface area contributed by atoms with Crippen LogP contribution < -0.4 is 0 Å². The van der Waals surface area contributed by atoms with E-state index in [0.717, 1.165) is 11.8 Å². The average Bonchev–Trinajstić information content (AvgIpc) is 2.73. The molecule has 0 aliphatic carbocycles. The van der Waals surface area contributed by atoms with E-state index in [1.807, 2.05) is 0 Å². The van der Waals surface area contributed by atoms with Crippen LogP contribution in [-0.2, 0) is 14.4 Å². The largest absolute Gasteiger partial charge is 0.478 e. The summed E-state index contributed by atoms with van der Waals surface area (Å²) in [5.41, 5.74) is 0.254. The van der Waals surface area contributed by atoms with Crippen LogP contribution in [0.5, 0.6) is 0 Å². The van der Waals surface area contributed by atoms with Crippen molar-refractivity contribution in [3.8, 4) is 0 Å². The lowest BCUT2D eigenvalue weighted by Crippen LogP contribution is -2.30. The number of carbonyl (C=O) groups excluding carboxylic acids is 2. The minimum absolute atomic E-state index is 0.0205. The maximum absolute atomic E-state index is 11.9. The van der Waals surface area contributed by atoms with E-state index in [0.29, 0.717) is 18.7 Å². The summed E-state index contributed by atoms with van der Waals surface area (Å²) in [6.07, 6.45) is 1.77. The Kier molecular flexibility index (Phi) is 4.74. The van der Waals surface area contributed by atoms with Crippen molar-refractivity contribution in [2.24, 2.45) is 5.92 Å². The van der Waals surface area contributed by atoms with Crippen molar-refractivity contribution in [1.82, 2.24) is 4.90 Å². The van der Waals surface area contributed by atoms with Crippen LogP contribution in [0, 0.1) is 5.92 Å². The molecule has 17 heavy (non-hydrogen) atoms. The van der Waals surface area contributed by atoms with E-state index in [-0.39, 0.29) is 22.5 Å². The monoisotopic (exact) mass is 257 g/mol. The zero-order valence-corrected chi connectivity index (χ0v) is 10.6. The fourth-order valence-corrected chi connectivity index (χ4v) is 2.12. The van der Waals surface area contributed by atoms with E-state index in [2.05, 4.69) is 0 Å². The number of thioether (sulfide) groups is 1. The first-order chi connectivity index (χ1) is 7.91. The Morgan fingerprint density at radius 2 is 2.18 bits per heavy atom. The number of amides is 1. The first-order valence-corrected chi connectivity index (χ1v) is 6.28. The lowest BCUT2D eigenvalue weighted by atomic mass is 10.2. The Morgan fingerprint density at radius 1 is 1.53 bits per heavy atom. The fraction of sp³-hybridized carbons (Fsp3) is 0.545. The number of rotatable bonds is 4. The van der Waals surface area contributed by atoms with Crippen LogP contribution in [0.4, 0.5) is 0 Å². The van der Waals surface area contributed by atoms with Gasteiger partial charge in [-0.25, -0.2) is 4.79 Å². The standard InChI is InChI=1S/C11H15NO4S/c1-7(6-17-8(2)13)10(14)12-4-3-9(5-12)11(15)16/h5,7H,3-4,6H2,1-2H3,(H,15,16). The van der Waals surface area contributed by atoms with Crippen molar-refractivity contribution in [1.29, 1.82) is 0 Å². The van der Waals surface area contributed by atoms with Gasteiger partial charge in [0, 0.05) is 31.3 Å². The van der Waals surface area contributed by atoms with Crippen LogP contribution in [0.25, 0.3) is 0 Å². The second kappa shape index (κ2) is 5.86. The molecule has 1 aliphatic rings. The molecule has 1 unspecified atom stereocenters. The Labute approximate surface area is 104 Å². The van der Waals surface area contributed by atoms with Crippen LogP contribution in [0.2, 0.25) is 0 Å². The van der Waals surface area contributed by atoms with E-state index < -0.39 is 5.97 Å². The second-order valence-electron chi connectivity index (χ2n) is 3.94. The zero-order chi connectivity index (χ0) is 13.0. The van der Waals surface area contributed by atoms with E-state index in [1.54, 1.807) is 6.92 Å². The highest BCUT2D eigenvalue weighted by atomic mass is 32.2. The van der Waals surface area contributed by atoms with Gasteiger partial charge in [-0.1, -0.05) is 18.7 Å². The Balaban J connectivity index is 2.54. The van der Waals surface area contributed by atoms with Gasteiger partial charge in [0.2, 0.25) is 5.91 Å². The van der Waals surface area contributed by atoms with Crippen molar-refractivity contribution in [3.05, 3.63) is 11.8 Å². The molecule has 0 aromatic heterocycles. The van der Waals surface area contributed by atoms with Gasteiger partial charge in [0.1, 0.15) is 0 Å². The Hall–Kier alpha value is -1.30. The molecule has 0 bridgehead atoms. The first-order valence-electron chi connectivity index (χ1n) is 5.29. The van der Waals surface area contributed by atoms with Crippen molar-refractivity contribution in [3.63, 3.8) is 0 Å². The predicted molar refractivity (Wildman–Crippen MR) is 64.4 cm³/mol.